The van der Waals surface area contributed by atoms with Crippen LogP contribution < -0.4 is 9.62 Å². The molecule has 0 bridgehead atoms. The summed E-state index contributed by atoms with van der Waals surface area (Å²) in [6.07, 6.45) is 3.61. The Morgan fingerprint density at radius 1 is 1.03 bits per heavy atom. The van der Waals surface area contributed by atoms with Crippen molar-refractivity contribution in [3.8, 4) is 0 Å². The van der Waals surface area contributed by atoms with Crippen LogP contribution in [-0.4, -0.2) is 34.2 Å². The molecule has 9 heteroatoms. The highest BCUT2D eigenvalue weighted by Gasteiger charge is 2.31. The summed E-state index contributed by atoms with van der Waals surface area (Å²) in [4.78, 5) is 11.5. The molecule has 0 spiro atoms. The van der Waals surface area contributed by atoms with E-state index in [0.29, 0.717) is 16.9 Å². The summed E-state index contributed by atoms with van der Waals surface area (Å²) in [7, 11) is -2.20. The number of hydrogen-bond donors (Lipinski definition) is 1. The van der Waals surface area contributed by atoms with Gasteiger partial charge in [0.1, 0.15) is 4.90 Å². The molecule has 8 nitrogen and oxygen atoms in total. The zero-order valence-electron chi connectivity index (χ0n) is 16.5. The summed E-state index contributed by atoms with van der Waals surface area (Å²) >= 11 is 0. The van der Waals surface area contributed by atoms with Gasteiger partial charge in [0.2, 0.25) is 0 Å². The molecule has 1 aliphatic heterocycles. The second-order valence-electron chi connectivity index (χ2n) is 7.39. The molecule has 5 rings (SSSR count). The quantitative estimate of drug-likeness (QED) is 0.545. The molecule has 0 saturated heterocycles. The predicted octanol–water partition coefficient (Wildman–Crippen LogP) is 3.25. The average Bonchev–Trinajstić information content (AvgIpc) is 3.30. The number of para-hydroxylation sites is 3. The minimum absolute atomic E-state index is 0.0702. The fraction of sp³-hybridized carbons (Fsp3) is 0.190. The van der Waals surface area contributed by atoms with E-state index in [0.717, 1.165) is 12.1 Å². The molecule has 0 saturated carbocycles. The molecule has 3 heterocycles. The monoisotopic (exact) mass is 420 g/mol. The molecule has 30 heavy (non-hydrogen) atoms. The first-order valence-electron chi connectivity index (χ1n) is 9.58. The van der Waals surface area contributed by atoms with Crippen LogP contribution in [0.15, 0.2) is 65.8 Å². The topological polar surface area (TPSA) is 93.0 Å². The second kappa shape index (κ2) is 6.81. The van der Waals surface area contributed by atoms with Crippen LogP contribution in [0, 0.1) is 0 Å². The molecule has 1 aliphatic rings. The highest BCUT2D eigenvalue weighted by molar-refractivity contribution is 7.92. The zero-order valence-corrected chi connectivity index (χ0v) is 17.3. The molecule has 1 unspecified atom stereocenters. The molecule has 4 aromatic rings. The van der Waals surface area contributed by atoms with Crippen LogP contribution in [0.4, 0.5) is 17.3 Å². The average molecular weight is 420 g/mol. The van der Waals surface area contributed by atoms with Crippen molar-refractivity contribution >= 4 is 38.4 Å². The lowest BCUT2D eigenvalue weighted by Crippen LogP contribution is -2.27. The van der Waals surface area contributed by atoms with Crippen LogP contribution >= 0.6 is 0 Å². The largest absolute Gasteiger partial charge is 0.320 e. The zero-order chi connectivity index (χ0) is 20.9. The van der Waals surface area contributed by atoms with Gasteiger partial charge < -0.3 is 4.90 Å². The van der Waals surface area contributed by atoms with Gasteiger partial charge >= 0.3 is 0 Å². The Morgan fingerprint density at radius 3 is 2.47 bits per heavy atom. The second-order valence-corrected chi connectivity index (χ2v) is 9.07. The summed E-state index contributed by atoms with van der Waals surface area (Å²) in [6, 6.07) is 15.6. The molecular formula is C21H20N6O2S. The first kappa shape index (κ1) is 18.6. The van der Waals surface area contributed by atoms with Gasteiger partial charge in [0.15, 0.2) is 11.6 Å². The van der Waals surface area contributed by atoms with E-state index >= 15 is 0 Å². The number of nitrogens with one attached hydrogen (secondary N) is 1. The van der Waals surface area contributed by atoms with E-state index in [9.17, 15) is 8.42 Å². The molecule has 152 valence electrons. The Bertz CT molecular complexity index is 1360. The van der Waals surface area contributed by atoms with Gasteiger partial charge in [-0.2, -0.15) is 5.10 Å². The minimum Gasteiger partial charge on any atom is -0.320 e. The lowest BCUT2D eigenvalue weighted by molar-refractivity contribution is 0.600. The highest BCUT2D eigenvalue weighted by Crippen LogP contribution is 2.40. The number of aryl methyl sites for hydroxylation is 1. The minimum atomic E-state index is -3.87. The van der Waals surface area contributed by atoms with E-state index in [1.165, 1.54) is 22.6 Å². The Morgan fingerprint density at radius 2 is 1.73 bits per heavy atom. The lowest BCUT2D eigenvalue weighted by Gasteiger charge is -2.26. The van der Waals surface area contributed by atoms with Gasteiger partial charge in [-0.15, -0.1) is 0 Å². The maximum atomic E-state index is 13.0. The van der Waals surface area contributed by atoms with Crippen molar-refractivity contribution in [2.24, 2.45) is 7.05 Å². The summed E-state index contributed by atoms with van der Waals surface area (Å²) in [6.45, 7) is 2.09. The van der Waals surface area contributed by atoms with Gasteiger partial charge in [0.25, 0.3) is 10.0 Å². The first-order chi connectivity index (χ1) is 14.4. The number of anilines is 3. The van der Waals surface area contributed by atoms with Crippen LogP contribution in [0.3, 0.4) is 0 Å². The number of sulfonamides is 1. The number of benzene rings is 2. The molecule has 2 aromatic heterocycles. The Hall–Kier alpha value is -3.46. The van der Waals surface area contributed by atoms with Crippen LogP contribution in [-0.2, 0) is 23.5 Å². The predicted molar refractivity (Wildman–Crippen MR) is 115 cm³/mol. The van der Waals surface area contributed by atoms with Gasteiger partial charge in [-0.25, -0.2) is 18.4 Å². The first-order valence-corrected chi connectivity index (χ1v) is 11.1. The lowest BCUT2D eigenvalue weighted by atomic mass is 10.1. The summed E-state index contributed by atoms with van der Waals surface area (Å²) < 4.78 is 30.1. The number of hydrogen-bond acceptors (Lipinski definition) is 6. The van der Waals surface area contributed by atoms with Crippen molar-refractivity contribution in [1.82, 2.24) is 19.7 Å². The van der Waals surface area contributed by atoms with Crippen molar-refractivity contribution in [2.75, 3.05) is 9.62 Å². The molecule has 0 fully saturated rings. The molecule has 0 amide bonds. The Labute approximate surface area is 174 Å². The van der Waals surface area contributed by atoms with Gasteiger partial charge in [-0.3, -0.25) is 9.40 Å². The van der Waals surface area contributed by atoms with Gasteiger partial charge in [-0.05, 0) is 37.1 Å². The summed E-state index contributed by atoms with van der Waals surface area (Å²) in [5.41, 5.74) is 3.52. The van der Waals surface area contributed by atoms with Crippen molar-refractivity contribution in [2.45, 2.75) is 24.3 Å². The molecule has 1 atom stereocenters. The van der Waals surface area contributed by atoms with Crippen molar-refractivity contribution in [1.29, 1.82) is 0 Å². The number of rotatable bonds is 4. The van der Waals surface area contributed by atoms with E-state index in [1.54, 1.807) is 7.05 Å². The SMILES string of the molecule is CC1Cc2ccccc2N1c1nc2ccccc2nc1NS(=O)(=O)c1cnn(C)c1. The normalized spacial score (nSPS) is 16.1. The number of fused-ring (bicyclic) bond motifs is 2. The molecule has 2 aromatic carbocycles. The van der Waals surface area contributed by atoms with Crippen LogP contribution in [0.1, 0.15) is 12.5 Å². The third-order valence-electron chi connectivity index (χ3n) is 5.21. The maximum Gasteiger partial charge on any atom is 0.266 e. The van der Waals surface area contributed by atoms with Gasteiger partial charge in [-0.1, -0.05) is 30.3 Å². The molecular weight excluding hydrogens is 400 g/mol. The van der Waals surface area contributed by atoms with E-state index in [4.69, 9.17) is 4.98 Å². The Balaban J connectivity index is 1.68. The highest BCUT2D eigenvalue weighted by atomic mass is 32.2. The van der Waals surface area contributed by atoms with Crippen molar-refractivity contribution in [3.63, 3.8) is 0 Å². The third kappa shape index (κ3) is 3.07. The van der Waals surface area contributed by atoms with E-state index in [-0.39, 0.29) is 16.8 Å². The van der Waals surface area contributed by atoms with Crippen LogP contribution in [0.5, 0.6) is 0 Å². The van der Waals surface area contributed by atoms with Crippen LogP contribution in [0.2, 0.25) is 0 Å². The maximum absolute atomic E-state index is 13.0. The van der Waals surface area contributed by atoms with Crippen LogP contribution in [0.25, 0.3) is 11.0 Å². The molecule has 1 N–H and O–H groups in total. The van der Waals surface area contributed by atoms with Crippen molar-refractivity contribution in [3.05, 3.63) is 66.5 Å². The van der Waals surface area contributed by atoms with Gasteiger partial charge in [0, 0.05) is 25.0 Å². The van der Waals surface area contributed by atoms with E-state index < -0.39 is 10.0 Å². The fourth-order valence-corrected chi connectivity index (χ4v) is 4.83. The molecule has 0 radical (unpaired) electrons. The van der Waals surface area contributed by atoms with Crippen molar-refractivity contribution < 1.29 is 8.42 Å². The smallest absolute Gasteiger partial charge is 0.266 e. The summed E-state index contributed by atoms with van der Waals surface area (Å²) in [5.74, 6) is 0.680. The van der Waals surface area contributed by atoms with Gasteiger partial charge in [0.05, 0.1) is 17.2 Å². The standard InChI is InChI=1S/C21H20N6O2S/c1-14-11-15-7-3-6-10-19(15)27(14)21-20(23-17-8-4-5-9-18(17)24-21)25-30(28,29)16-12-22-26(2)13-16/h3-10,12-14H,11H2,1-2H3,(H,23,25). The third-order valence-corrected chi connectivity index (χ3v) is 6.50. The fourth-order valence-electron chi connectivity index (χ4n) is 3.84. The summed E-state index contributed by atoms with van der Waals surface area (Å²) in [5, 5.41) is 3.97. The number of aromatic nitrogens is 4. The Kier molecular flexibility index (Phi) is 4.21. The van der Waals surface area contributed by atoms with E-state index in [2.05, 4.69) is 32.7 Å². The molecule has 0 aliphatic carbocycles. The van der Waals surface area contributed by atoms with E-state index in [1.807, 2.05) is 42.5 Å². The number of nitrogens with zero attached hydrogens (tertiary/aromatic N) is 5.